The summed E-state index contributed by atoms with van der Waals surface area (Å²) in [5.41, 5.74) is 1.41. The maximum absolute atomic E-state index is 12.9. The fraction of sp³-hybridized carbons (Fsp3) is 0.222. The SMILES string of the molecule is C[C@@H](c1nc2ccccc2s1)N(C)C(=O)c1cc(Cl)c2c(c1)OCO2. The van der Waals surface area contributed by atoms with Crippen molar-refractivity contribution in [2.75, 3.05) is 13.8 Å². The van der Waals surface area contributed by atoms with Crippen molar-refractivity contribution in [3.05, 3.63) is 52.0 Å². The van der Waals surface area contributed by atoms with Crippen LogP contribution in [0, 0.1) is 0 Å². The number of nitrogens with zero attached hydrogens (tertiary/aromatic N) is 2. The Morgan fingerprint density at radius 1 is 1.32 bits per heavy atom. The number of carbonyl (C=O) groups is 1. The number of rotatable bonds is 3. The van der Waals surface area contributed by atoms with Gasteiger partial charge in [-0.1, -0.05) is 23.7 Å². The van der Waals surface area contributed by atoms with Crippen LogP contribution in [0.15, 0.2) is 36.4 Å². The molecule has 128 valence electrons. The molecule has 1 aliphatic heterocycles. The molecule has 0 fully saturated rings. The number of para-hydroxylation sites is 1. The van der Waals surface area contributed by atoms with Crippen LogP contribution >= 0.6 is 22.9 Å². The van der Waals surface area contributed by atoms with Gasteiger partial charge >= 0.3 is 0 Å². The Morgan fingerprint density at radius 3 is 2.92 bits per heavy atom. The van der Waals surface area contributed by atoms with Crippen molar-refractivity contribution in [3.63, 3.8) is 0 Å². The quantitative estimate of drug-likeness (QED) is 0.676. The van der Waals surface area contributed by atoms with Crippen molar-refractivity contribution in [1.82, 2.24) is 9.88 Å². The van der Waals surface area contributed by atoms with Crippen molar-refractivity contribution in [1.29, 1.82) is 0 Å². The van der Waals surface area contributed by atoms with Crippen LogP contribution < -0.4 is 9.47 Å². The average Bonchev–Trinajstić information content (AvgIpc) is 3.26. The summed E-state index contributed by atoms with van der Waals surface area (Å²) < 4.78 is 11.7. The Morgan fingerprint density at radius 2 is 2.12 bits per heavy atom. The van der Waals surface area contributed by atoms with Crippen molar-refractivity contribution in [2.45, 2.75) is 13.0 Å². The van der Waals surface area contributed by atoms with E-state index in [1.807, 2.05) is 31.2 Å². The molecule has 25 heavy (non-hydrogen) atoms. The van der Waals surface area contributed by atoms with Gasteiger partial charge in [0, 0.05) is 12.6 Å². The van der Waals surface area contributed by atoms with E-state index in [4.69, 9.17) is 21.1 Å². The van der Waals surface area contributed by atoms with Crippen LogP contribution in [-0.4, -0.2) is 29.6 Å². The van der Waals surface area contributed by atoms with Gasteiger partial charge in [-0.3, -0.25) is 4.79 Å². The summed E-state index contributed by atoms with van der Waals surface area (Å²) >= 11 is 7.78. The monoisotopic (exact) mass is 374 g/mol. The molecule has 4 rings (SSSR count). The summed E-state index contributed by atoms with van der Waals surface area (Å²) in [5, 5.41) is 1.27. The standard InChI is InChI=1S/C18H15ClN2O3S/c1-10(17-20-13-5-3-4-6-15(13)25-17)21(2)18(22)11-7-12(19)16-14(8-11)23-9-24-16/h3-8,10H,9H2,1-2H3/t10-/m0/s1. The zero-order chi connectivity index (χ0) is 17.6. The third-order valence-corrected chi connectivity index (χ3v) is 5.73. The van der Waals surface area contributed by atoms with Crippen molar-refractivity contribution in [2.24, 2.45) is 0 Å². The second kappa shape index (κ2) is 6.20. The Hall–Kier alpha value is -2.31. The number of thiazole rings is 1. The fourth-order valence-corrected chi connectivity index (χ4v) is 4.03. The highest BCUT2D eigenvalue weighted by Crippen LogP contribution is 2.40. The molecular weight excluding hydrogens is 360 g/mol. The van der Waals surface area contributed by atoms with E-state index in [1.165, 1.54) is 0 Å². The van der Waals surface area contributed by atoms with E-state index in [9.17, 15) is 4.79 Å². The van der Waals surface area contributed by atoms with E-state index >= 15 is 0 Å². The van der Waals surface area contributed by atoms with Crippen LogP contribution in [0.5, 0.6) is 11.5 Å². The molecule has 1 aliphatic rings. The molecule has 0 N–H and O–H groups in total. The Bertz CT molecular complexity index is 939. The highest BCUT2D eigenvalue weighted by molar-refractivity contribution is 7.18. The summed E-state index contributed by atoms with van der Waals surface area (Å²) in [6.45, 7) is 2.08. The number of hydrogen-bond acceptors (Lipinski definition) is 5. The lowest BCUT2D eigenvalue weighted by Crippen LogP contribution is -2.29. The topological polar surface area (TPSA) is 51.7 Å². The summed E-state index contributed by atoms with van der Waals surface area (Å²) in [7, 11) is 1.76. The van der Waals surface area contributed by atoms with Crippen LogP contribution in [0.3, 0.4) is 0 Å². The zero-order valence-electron chi connectivity index (χ0n) is 13.7. The summed E-state index contributed by atoms with van der Waals surface area (Å²) in [4.78, 5) is 19.2. The minimum Gasteiger partial charge on any atom is -0.454 e. The maximum atomic E-state index is 12.9. The van der Waals surface area contributed by atoms with Crippen molar-refractivity contribution in [3.8, 4) is 11.5 Å². The molecule has 7 heteroatoms. The lowest BCUT2D eigenvalue weighted by molar-refractivity contribution is 0.0742. The molecule has 0 saturated heterocycles. The number of fused-ring (bicyclic) bond motifs is 2. The summed E-state index contributed by atoms with van der Waals surface area (Å²) in [6, 6.07) is 11.1. The van der Waals surface area contributed by atoms with Gasteiger partial charge < -0.3 is 14.4 Å². The number of benzene rings is 2. The molecule has 2 aromatic carbocycles. The fourth-order valence-electron chi connectivity index (χ4n) is 2.70. The van der Waals surface area contributed by atoms with E-state index in [0.717, 1.165) is 15.2 Å². The predicted molar refractivity (Wildman–Crippen MR) is 97.7 cm³/mol. The summed E-state index contributed by atoms with van der Waals surface area (Å²) in [6.07, 6.45) is 0. The minimum atomic E-state index is -0.158. The van der Waals surface area contributed by atoms with Gasteiger partial charge in [-0.15, -0.1) is 11.3 Å². The predicted octanol–water partition coefficient (Wildman–Crippen LogP) is 4.51. The minimum absolute atomic E-state index is 0.116. The third kappa shape index (κ3) is 2.81. The number of carbonyl (C=O) groups excluding carboxylic acids is 1. The largest absolute Gasteiger partial charge is 0.454 e. The van der Waals surface area contributed by atoms with Crippen LogP contribution in [0.25, 0.3) is 10.2 Å². The van der Waals surface area contributed by atoms with Gasteiger partial charge in [0.2, 0.25) is 6.79 Å². The van der Waals surface area contributed by atoms with Crippen molar-refractivity contribution < 1.29 is 14.3 Å². The van der Waals surface area contributed by atoms with E-state index in [1.54, 1.807) is 35.4 Å². The average molecular weight is 375 g/mol. The van der Waals surface area contributed by atoms with E-state index in [0.29, 0.717) is 22.1 Å². The molecule has 0 radical (unpaired) electrons. The van der Waals surface area contributed by atoms with E-state index < -0.39 is 0 Å². The molecule has 1 aromatic heterocycles. The lowest BCUT2D eigenvalue weighted by Gasteiger charge is -2.23. The highest BCUT2D eigenvalue weighted by atomic mass is 35.5. The molecule has 3 aromatic rings. The van der Waals surface area contributed by atoms with Gasteiger partial charge in [-0.05, 0) is 31.2 Å². The summed E-state index contributed by atoms with van der Waals surface area (Å²) in [5.74, 6) is 0.837. The van der Waals surface area contributed by atoms with Crippen LogP contribution in [0.1, 0.15) is 28.3 Å². The molecule has 1 atom stereocenters. The number of aromatic nitrogens is 1. The van der Waals surface area contributed by atoms with Gasteiger partial charge in [0.05, 0.1) is 21.3 Å². The Balaban J connectivity index is 1.62. The highest BCUT2D eigenvalue weighted by Gasteiger charge is 2.25. The first-order valence-corrected chi connectivity index (χ1v) is 8.96. The number of halogens is 1. The lowest BCUT2D eigenvalue weighted by atomic mass is 10.1. The molecule has 0 aliphatic carbocycles. The zero-order valence-corrected chi connectivity index (χ0v) is 15.2. The first kappa shape index (κ1) is 16.2. The van der Waals surface area contributed by atoms with Gasteiger partial charge in [-0.25, -0.2) is 4.98 Å². The Kier molecular flexibility index (Phi) is 4.01. The van der Waals surface area contributed by atoms with Gasteiger partial charge in [0.15, 0.2) is 11.5 Å². The molecule has 0 saturated carbocycles. The van der Waals surface area contributed by atoms with E-state index in [2.05, 4.69) is 4.98 Å². The van der Waals surface area contributed by atoms with Gasteiger partial charge in [-0.2, -0.15) is 0 Å². The van der Waals surface area contributed by atoms with E-state index in [-0.39, 0.29) is 18.7 Å². The smallest absolute Gasteiger partial charge is 0.254 e. The van der Waals surface area contributed by atoms with Crippen molar-refractivity contribution >= 4 is 39.1 Å². The number of amides is 1. The van der Waals surface area contributed by atoms with Gasteiger partial charge in [0.1, 0.15) is 5.01 Å². The van der Waals surface area contributed by atoms with Crippen LogP contribution in [0.4, 0.5) is 0 Å². The van der Waals surface area contributed by atoms with Gasteiger partial charge in [0.25, 0.3) is 5.91 Å². The van der Waals surface area contributed by atoms with Crippen LogP contribution in [-0.2, 0) is 0 Å². The molecule has 5 nitrogen and oxygen atoms in total. The first-order valence-electron chi connectivity index (χ1n) is 7.76. The molecular formula is C18H15ClN2O3S. The molecule has 0 bridgehead atoms. The normalized spacial score (nSPS) is 13.9. The molecule has 2 heterocycles. The molecule has 0 spiro atoms. The second-order valence-corrected chi connectivity index (χ2v) is 7.27. The first-order chi connectivity index (χ1) is 12.0. The second-order valence-electron chi connectivity index (χ2n) is 5.80. The van der Waals surface area contributed by atoms with Crippen LogP contribution in [0.2, 0.25) is 5.02 Å². The maximum Gasteiger partial charge on any atom is 0.254 e. The number of ether oxygens (including phenoxy) is 2. The Labute approximate surface area is 153 Å². The molecule has 1 amide bonds. The number of hydrogen-bond donors (Lipinski definition) is 0. The molecule has 0 unspecified atom stereocenters. The third-order valence-electron chi connectivity index (χ3n) is 4.24.